The predicted molar refractivity (Wildman–Crippen MR) is 113 cm³/mol. The Morgan fingerprint density at radius 2 is 1.83 bits per heavy atom. The first kappa shape index (κ1) is 18.1. The minimum atomic E-state index is -0.169. The van der Waals surface area contributed by atoms with Gasteiger partial charge in [-0.05, 0) is 35.9 Å². The summed E-state index contributed by atoms with van der Waals surface area (Å²) in [6.07, 6.45) is 2.48. The second kappa shape index (κ2) is 7.44. The van der Waals surface area contributed by atoms with Crippen molar-refractivity contribution in [2.75, 3.05) is 36.4 Å². The third kappa shape index (κ3) is 3.56. The number of anilines is 2. The average molecular weight is 409 g/mol. The molecule has 1 unspecified atom stereocenters. The average Bonchev–Trinajstić information content (AvgIpc) is 3.41. The molecule has 2 aliphatic rings. The molecule has 0 spiro atoms. The summed E-state index contributed by atoms with van der Waals surface area (Å²) in [6.45, 7) is 2.72. The molecular weight excluding hydrogens is 388 g/mol. The lowest BCUT2D eigenvalue weighted by Gasteiger charge is -2.35. The normalized spacial score (nSPS) is 18.4. The Labute approximate surface area is 174 Å². The highest BCUT2D eigenvalue weighted by Crippen LogP contribution is 2.28. The van der Waals surface area contributed by atoms with Gasteiger partial charge in [-0.15, -0.1) is 0 Å². The number of nitrogens with zero attached hydrogens (tertiary/aromatic N) is 3. The van der Waals surface area contributed by atoms with Crippen molar-refractivity contribution in [2.45, 2.75) is 12.5 Å². The highest BCUT2D eigenvalue weighted by atomic mass is 35.5. The van der Waals surface area contributed by atoms with Crippen LogP contribution in [0, 0.1) is 0 Å². The molecule has 5 rings (SSSR count). The molecule has 1 amide bonds. The molecule has 1 atom stereocenters. The Balaban J connectivity index is 1.20. The lowest BCUT2D eigenvalue weighted by atomic mass is 10.1. The number of rotatable bonds is 3. The topological polar surface area (TPSA) is 61.6 Å². The molecule has 1 aromatic heterocycles. The van der Waals surface area contributed by atoms with Gasteiger partial charge in [0.15, 0.2) is 5.76 Å². The largest absolute Gasteiger partial charge is 0.423 e. The number of halogens is 1. The van der Waals surface area contributed by atoms with E-state index in [9.17, 15) is 4.79 Å². The summed E-state index contributed by atoms with van der Waals surface area (Å²) >= 11 is 5.95. The van der Waals surface area contributed by atoms with E-state index in [-0.39, 0.29) is 11.9 Å². The van der Waals surface area contributed by atoms with Crippen LogP contribution in [0.4, 0.5) is 11.7 Å². The van der Waals surface area contributed by atoms with Gasteiger partial charge in [0, 0.05) is 48.9 Å². The highest BCUT2D eigenvalue weighted by molar-refractivity contribution is 6.30. The third-order valence-corrected chi connectivity index (χ3v) is 5.81. The molecule has 2 aromatic carbocycles. The molecule has 1 fully saturated rings. The van der Waals surface area contributed by atoms with Gasteiger partial charge in [-0.2, -0.15) is 0 Å². The van der Waals surface area contributed by atoms with Crippen LogP contribution in [0.2, 0.25) is 5.02 Å². The van der Waals surface area contributed by atoms with Crippen molar-refractivity contribution in [3.8, 4) is 11.3 Å². The maximum Gasteiger partial charge on any atom is 0.297 e. The molecule has 0 saturated carbocycles. The Bertz CT molecular complexity index is 1000. The van der Waals surface area contributed by atoms with Gasteiger partial charge in [-0.1, -0.05) is 29.8 Å². The van der Waals surface area contributed by atoms with Crippen molar-refractivity contribution in [1.29, 1.82) is 0 Å². The molecule has 1 saturated heterocycles. The second-order valence-corrected chi connectivity index (χ2v) is 7.82. The molecule has 0 aliphatic carbocycles. The van der Waals surface area contributed by atoms with Crippen LogP contribution in [0.3, 0.4) is 0 Å². The number of hydrogen-bond donors (Lipinski definition) is 1. The lowest BCUT2D eigenvalue weighted by Crippen LogP contribution is -2.52. The first-order valence-corrected chi connectivity index (χ1v) is 10.1. The van der Waals surface area contributed by atoms with E-state index in [0.29, 0.717) is 43.0 Å². The molecule has 6 nitrogen and oxygen atoms in total. The summed E-state index contributed by atoms with van der Waals surface area (Å²) in [4.78, 5) is 21.4. The van der Waals surface area contributed by atoms with Crippen LogP contribution in [-0.4, -0.2) is 48.0 Å². The first-order chi connectivity index (χ1) is 14.2. The Hall–Kier alpha value is -2.99. The van der Waals surface area contributed by atoms with Crippen molar-refractivity contribution in [1.82, 2.24) is 9.88 Å². The fourth-order valence-corrected chi connectivity index (χ4v) is 4.07. The Morgan fingerprint density at radius 1 is 1.07 bits per heavy atom. The van der Waals surface area contributed by atoms with Crippen molar-refractivity contribution in [3.05, 3.63) is 65.3 Å². The number of piperazine rings is 1. The summed E-state index contributed by atoms with van der Waals surface area (Å²) in [6, 6.07) is 16.0. The summed E-state index contributed by atoms with van der Waals surface area (Å²) in [5.74, 6) is 0.873. The van der Waals surface area contributed by atoms with E-state index < -0.39 is 0 Å². The number of para-hydroxylation sites is 1. The molecule has 7 heteroatoms. The summed E-state index contributed by atoms with van der Waals surface area (Å²) < 4.78 is 5.94. The van der Waals surface area contributed by atoms with Gasteiger partial charge in [-0.25, -0.2) is 4.98 Å². The number of amides is 1. The van der Waals surface area contributed by atoms with Gasteiger partial charge >= 0.3 is 0 Å². The number of carbonyl (C=O) groups excluding carboxylic acids is 1. The SMILES string of the molecule is O=C(C1Cc2ccccc2N1)N1CCN(c2ncc(-c3ccc(Cl)cc3)o2)CC1. The minimum absolute atomic E-state index is 0.162. The zero-order valence-corrected chi connectivity index (χ0v) is 16.6. The number of hydrogen-bond acceptors (Lipinski definition) is 5. The first-order valence-electron chi connectivity index (χ1n) is 9.77. The molecule has 148 valence electrons. The van der Waals surface area contributed by atoms with Gasteiger partial charge in [0.2, 0.25) is 5.91 Å². The summed E-state index contributed by atoms with van der Waals surface area (Å²) in [7, 11) is 0. The van der Waals surface area contributed by atoms with Crippen LogP contribution in [0.25, 0.3) is 11.3 Å². The van der Waals surface area contributed by atoms with E-state index in [1.165, 1.54) is 5.56 Å². The molecular formula is C22H21ClN4O2. The van der Waals surface area contributed by atoms with Gasteiger partial charge in [-0.3, -0.25) is 4.79 Å². The number of nitrogens with one attached hydrogen (secondary N) is 1. The van der Waals surface area contributed by atoms with Crippen LogP contribution in [0.1, 0.15) is 5.56 Å². The second-order valence-electron chi connectivity index (χ2n) is 7.38. The van der Waals surface area contributed by atoms with Crippen molar-refractivity contribution in [3.63, 3.8) is 0 Å². The van der Waals surface area contributed by atoms with E-state index in [1.807, 2.05) is 47.4 Å². The third-order valence-electron chi connectivity index (χ3n) is 5.55. The van der Waals surface area contributed by atoms with E-state index >= 15 is 0 Å². The predicted octanol–water partition coefficient (Wildman–Crippen LogP) is 3.68. The number of oxazole rings is 1. The maximum absolute atomic E-state index is 12.9. The van der Waals surface area contributed by atoms with Crippen LogP contribution in [0.5, 0.6) is 0 Å². The van der Waals surface area contributed by atoms with Gasteiger partial charge in [0.05, 0.1) is 6.20 Å². The minimum Gasteiger partial charge on any atom is -0.423 e. The van der Waals surface area contributed by atoms with Gasteiger partial charge in [0.1, 0.15) is 6.04 Å². The maximum atomic E-state index is 12.9. The fourth-order valence-electron chi connectivity index (χ4n) is 3.94. The zero-order chi connectivity index (χ0) is 19.8. The number of fused-ring (bicyclic) bond motifs is 1. The molecule has 3 heterocycles. The van der Waals surface area contributed by atoms with E-state index in [4.69, 9.17) is 16.0 Å². The summed E-state index contributed by atoms with van der Waals surface area (Å²) in [5.41, 5.74) is 3.21. The molecule has 1 N–H and O–H groups in total. The van der Waals surface area contributed by atoms with Crippen molar-refractivity contribution < 1.29 is 9.21 Å². The molecule has 0 bridgehead atoms. The molecule has 2 aliphatic heterocycles. The van der Waals surface area contributed by atoms with Crippen LogP contribution in [-0.2, 0) is 11.2 Å². The van der Waals surface area contributed by atoms with Crippen LogP contribution < -0.4 is 10.2 Å². The van der Waals surface area contributed by atoms with E-state index in [1.54, 1.807) is 6.20 Å². The Morgan fingerprint density at radius 3 is 2.59 bits per heavy atom. The molecule has 29 heavy (non-hydrogen) atoms. The highest BCUT2D eigenvalue weighted by Gasteiger charge is 2.32. The molecule has 3 aromatic rings. The van der Waals surface area contributed by atoms with E-state index in [0.717, 1.165) is 17.7 Å². The fraction of sp³-hybridized carbons (Fsp3) is 0.273. The van der Waals surface area contributed by atoms with Crippen LogP contribution in [0.15, 0.2) is 59.1 Å². The summed E-state index contributed by atoms with van der Waals surface area (Å²) in [5, 5.41) is 4.04. The van der Waals surface area contributed by atoms with Gasteiger partial charge < -0.3 is 19.5 Å². The smallest absolute Gasteiger partial charge is 0.297 e. The lowest BCUT2D eigenvalue weighted by molar-refractivity contribution is -0.132. The number of aromatic nitrogens is 1. The number of benzene rings is 2. The Kier molecular flexibility index (Phi) is 4.64. The van der Waals surface area contributed by atoms with Crippen molar-refractivity contribution >= 4 is 29.2 Å². The van der Waals surface area contributed by atoms with Crippen LogP contribution >= 0.6 is 11.6 Å². The van der Waals surface area contributed by atoms with Gasteiger partial charge in [0.25, 0.3) is 6.01 Å². The van der Waals surface area contributed by atoms with E-state index in [2.05, 4.69) is 21.3 Å². The number of carbonyl (C=O) groups is 1. The van der Waals surface area contributed by atoms with Crippen molar-refractivity contribution in [2.24, 2.45) is 0 Å². The molecule has 0 radical (unpaired) electrons. The zero-order valence-electron chi connectivity index (χ0n) is 15.8. The monoisotopic (exact) mass is 408 g/mol. The quantitative estimate of drug-likeness (QED) is 0.716. The standard InChI is InChI=1S/C22H21ClN4O2/c23-17-7-5-15(6-8-17)20-14-24-22(29-20)27-11-9-26(10-12-27)21(28)19-13-16-3-1-2-4-18(16)25-19/h1-8,14,19,25H,9-13H2.